The lowest BCUT2D eigenvalue weighted by molar-refractivity contribution is 0.299. The van der Waals surface area contributed by atoms with Gasteiger partial charge in [-0.3, -0.25) is 9.89 Å². The number of halogens is 1. The van der Waals surface area contributed by atoms with E-state index in [-0.39, 0.29) is 35.5 Å². The lowest BCUT2D eigenvalue weighted by atomic mass is 10.2. The van der Waals surface area contributed by atoms with Crippen molar-refractivity contribution in [2.45, 2.75) is 6.54 Å². The monoisotopic (exact) mass is 512 g/mol. The van der Waals surface area contributed by atoms with Crippen LogP contribution in [-0.4, -0.2) is 78.2 Å². The van der Waals surface area contributed by atoms with Crippen molar-refractivity contribution in [3.8, 4) is 11.5 Å². The minimum atomic E-state index is -2.83. The smallest absolute Gasteiger partial charge is 0.191 e. The summed E-state index contributed by atoms with van der Waals surface area (Å²) < 4.78 is 33.4. The van der Waals surface area contributed by atoms with Crippen LogP contribution in [0.1, 0.15) is 5.56 Å². The zero-order valence-electron chi connectivity index (χ0n) is 16.0. The molecular weight excluding hydrogens is 483 g/mol. The second-order valence-corrected chi connectivity index (χ2v) is 8.34. The number of guanidine groups is 1. The van der Waals surface area contributed by atoms with Gasteiger partial charge < -0.3 is 20.1 Å². The van der Waals surface area contributed by atoms with Gasteiger partial charge in [-0.2, -0.15) is 0 Å². The summed E-state index contributed by atoms with van der Waals surface area (Å²) in [6.45, 7) is 3.28. The Kier molecular flexibility index (Phi) is 10.2. The molecule has 0 unspecified atom stereocenters. The van der Waals surface area contributed by atoms with E-state index in [1.807, 2.05) is 18.2 Å². The van der Waals surface area contributed by atoms with Crippen LogP contribution in [0, 0.1) is 0 Å². The maximum atomic E-state index is 11.4. The molecule has 0 radical (unpaired) electrons. The third-order valence-electron chi connectivity index (χ3n) is 4.29. The largest absolute Gasteiger partial charge is 0.493 e. The number of nitrogens with zero attached hydrogens (tertiary/aromatic N) is 2. The van der Waals surface area contributed by atoms with E-state index < -0.39 is 9.84 Å². The third-order valence-corrected chi connectivity index (χ3v) is 5.90. The molecule has 1 aliphatic heterocycles. The van der Waals surface area contributed by atoms with Crippen LogP contribution in [-0.2, 0) is 16.4 Å². The van der Waals surface area contributed by atoms with Crippen LogP contribution >= 0.6 is 24.0 Å². The number of aliphatic imine (C=N–C) groups is 1. The van der Waals surface area contributed by atoms with Crippen LogP contribution in [0.5, 0.6) is 11.5 Å². The van der Waals surface area contributed by atoms with Crippen molar-refractivity contribution in [3.63, 3.8) is 0 Å². The summed E-state index contributed by atoms with van der Waals surface area (Å²) in [5, 5.41) is 6.50. The minimum absolute atomic E-state index is 0. The molecule has 1 aromatic carbocycles. The molecule has 27 heavy (non-hydrogen) atoms. The quantitative estimate of drug-likeness (QED) is 0.316. The second kappa shape index (κ2) is 11.5. The Hall–Kier alpha value is -1.27. The van der Waals surface area contributed by atoms with Crippen LogP contribution in [0.25, 0.3) is 0 Å². The predicted octanol–water partition coefficient (Wildman–Crippen LogP) is 0.717. The van der Waals surface area contributed by atoms with Crippen molar-refractivity contribution in [2.24, 2.45) is 4.99 Å². The molecule has 1 aliphatic rings. The molecule has 0 aliphatic carbocycles. The van der Waals surface area contributed by atoms with Gasteiger partial charge in [-0.15, -0.1) is 24.0 Å². The fourth-order valence-electron chi connectivity index (χ4n) is 2.70. The van der Waals surface area contributed by atoms with Gasteiger partial charge in [0.05, 0.1) is 25.7 Å². The number of methoxy groups -OCH3 is 2. The Morgan fingerprint density at radius 2 is 1.81 bits per heavy atom. The highest BCUT2D eigenvalue weighted by Crippen LogP contribution is 2.27. The zero-order valence-corrected chi connectivity index (χ0v) is 19.2. The highest BCUT2D eigenvalue weighted by atomic mass is 127. The Labute approximate surface area is 178 Å². The molecule has 0 amide bonds. The highest BCUT2D eigenvalue weighted by Gasteiger charge is 2.20. The maximum Gasteiger partial charge on any atom is 0.191 e. The van der Waals surface area contributed by atoms with Gasteiger partial charge in [0, 0.05) is 39.8 Å². The Bertz CT molecular complexity index is 714. The first kappa shape index (κ1) is 23.8. The number of hydrogen-bond donors (Lipinski definition) is 2. The fraction of sp³-hybridized carbons (Fsp3) is 0.588. The summed E-state index contributed by atoms with van der Waals surface area (Å²) in [5.74, 6) is 2.58. The van der Waals surface area contributed by atoms with Crippen molar-refractivity contribution in [3.05, 3.63) is 23.8 Å². The first-order valence-corrected chi connectivity index (χ1v) is 10.4. The van der Waals surface area contributed by atoms with Crippen molar-refractivity contribution in [1.82, 2.24) is 15.5 Å². The molecule has 0 bridgehead atoms. The Morgan fingerprint density at radius 3 is 2.41 bits per heavy atom. The molecule has 1 saturated heterocycles. The third kappa shape index (κ3) is 7.70. The van der Waals surface area contributed by atoms with Gasteiger partial charge in [-0.25, -0.2) is 8.42 Å². The number of ether oxygens (including phenoxy) is 2. The predicted molar refractivity (Wildman–Crippen MR) is 118 cm³/mol. The summed E-state index contributed by atoms with van der Waals surface area (Å²) in [7, 11) is 2.11. The van der Waals surface area contributed by atoms with Crippen LogP contribution in [0.4, 0.5) is 0 Å². The first-order chi connectivity index (χ1) is 12.5. The maximum absolute atomic E-state index is 11.4. The zero-order chi connectivity index (χ0) is 19.0. The minimum Gasteiger partial charge on any atom is -0.493 e. The molecule has 0 saturated carbocycles. The number of benzene rings is 1. The normalized spacial score (nSPS) is 16.9. The van der Waals surface area contributed by atoms with Gasteiger partial charge in [0.1, 0.15) is 0 Å². The number of hydrogen-bond acceptors (Lipinski definition) is 6. The van der Waals surface area contributed by atoms with Crippen LogP contribution < -0.4 is 20.1 Å². The van der Waals surface area contributed by atoms with E-state index in [2.05, 4.69) is 20.5 Å². The fourth-order valence-corrected chi connectivity index (χ4v) is 3.98. The SMILES string of the molecule is CN=C(NCCN1CCS(=O)(=O)CC1)NCc1ccc(OC)c(OC)c1.I. The molecule has 2 rings (SSSR count). The van der Waals surface area contributed by atoms with E-state index in [0.717, 1.165) is 12.1 Å². The summed E-state index contributed by atoms with van der Waals surface area (Å²) in [6.07, 6.45) is 0. The van der Waals surface area contributed by atoms with Gasteiger partial charge in [0.25, 0.3) is 0 Å². The summed E-state index contributed by atoms with van der Waals surface area (Å²) in [6, 6.07) is 5.76. The summed E-state index contributed by atoms with van der Waals surface area (Å²) in [5.41, 5.74) is 1.05. The van der Waals surface area contributed by atoms with Crippen LogP contribution in [0.15, 0.2) is 23.2 Å². The standard InChI is InChI=1S/C17H28N4O4S.HI/c1-18-17(19-6-7-21-8-10-26(22,23)11-9-21)20-13-14-4-5-15(24-2)16(12-14)25-3;/h4-5,12H,6-11,13H2,1-3H3,(H2,18,19,20);1H. The topological polar surface area (TPSA) is 92.3 Å². The van der Waals surface area contributed by atoms with Crippen molar-refractivity contribution in [2.75, 3.05) is 59.0 Å². The second-order valence-electron chi connectivity index (χ2n) is 6.04. The van der Waals surface area contributed by atoms with Gasteiger partial charge in [0.2, 0.25) is 0 Å². The van der Waals surface area contributed by atoms with Crippen LogP contribution in [0.3, 0.4) is 0 Å². The molecule has 1 heterocycles. The van der Waals surface area contributed by atoms with Crippen molar-refractivity contribution < 1.29 is 17.9 Å². The lowest BCUT2D eigenvalue weighted by Crippen LogP contribution is -2.45. The molecule has 0 spiro atoms. The summed E-state index contributed by atoms with van der Waals surface area (Å²) >= 11 is 0. The molecule has 1 aromatic rings. The Morgan fingerprint density at radius 1 is 1.15 bits per heavy atom. The molecule has 10 heteroatoms. The van der Waals surface area contributed by atoms with E-state index in [4.69, 9.17) is 9.47 Å². The number of nitrogens with one attached hydrogen (secondary N) is 2. The molecular formula is C17H29IN4O4S. The molecule has 154 valence electrons. The van der Waals surface area contributed by atoms with Crippen molar-refractivity contribution in [1.29, 1.82) is 0 Å². The average molecular weight is 512 g/mol. The molecule has 2 N–H and O–H groups in total. The van der Waals surface area contributed by atoms with E-state index in [9.17, 15) is 8.42 Å². The highest BCUT2D eigenvalue weighted by molar-refractivity contribution is 14.0. The molecule has 0 aromatic heterocycles. The molecule has 1 fully saturated rings. The summed E-state index contributed by atoms with van der Waals surface area (Å²) in [4.78, 5) is 6.36. The first-order valence-electron chi connectivity index (χ1n) is 8.55. The number of sulfone groups is 1. The van der Waals surface area contributed by atoms with Gasteiger partial charge in [-0.05, 0) is 17.7 Å². The average Bonchev–Trinajstić information content (AvgIpc) is 2.65. The van der Waals surface area contributed by atoms with Gasteiger partial charge in [0.15, 0.2) is 27.3 Å². The molecule has 0 atom stereocenters. The Balaban J connectivity index is 0.00000364. The van der Waals surface area contributed by atoms with Crippen molar-refractivity contribution >= 4 is 39.8 Å². The van der Waals surface area contributed by atoms with Crippen LogP contribution in [0.2, 0.25) is 0 Å². The van der Waals surface area contributed by atoms with Gasteiger partial charge in [-0.1, -0.05) is 6.07 Å². The lowest BCUT2D eigenvalue weighted by Gasteiger charge is -2.26. The van der Waals surface area contributed by atoms with Gasteiger partial charge >= 0.3 is 0 Å². The molecule has 8 nitrogen and oxygen atoms in total. The van der Waals surface area contributed by atoms with E-state index >= 15 is 0 Å². The number of rotatable bonds is 7. The van der Waals surface area contributed by atoms with E-state index in [0.29, 0.717) is 43.6 Å². The van der Waals surface area contributed by atoms with E-state index in [1.54, 1.807) is 21.3 Å². The van der Waals surface area contributed by atoms with E-state index in [1.165, 1.54) is 0 Å².